The van der Waals surface area contributed by atoms with Gasteiger partial charge in [0.25, 0.3) is 5.91 Å². The lowest BCUT2D eigenvalue weighted by molar-refractivity contribution is 0.0745. The Hall–Kier alpha value is -2.43. The summed E-state index contributed by atoms with van der Waals surface area (Å²) >= 11 is 0. The van der Waals surface area contributed by atoms with Crippen molar-refractivity contribution < 1.29 is 4.79 Å². The minimum absolute atomic E-state index is 0.0285. The van der Waals surface area contributed by atoms with E-state index in [0.717, 1.165) is 31.9 Å². The molecule has 21 heavy (non-hydrogen) atoms. The van der Waals surface area contributed by atoms with Gasteiger partial charge in [-0.1, -0.05) is 18.2 Å². The van der Waals surface area contributed by atoms with E-state index >= 15 is 0 Å². The van der Waals surface area contributed by atoms with E-state index in [1.54, 1.807) is 6.20 Å². The summed E-state index contributed by atoms with van der Waals surface area (Å²) in [5.74, 6) is 0.0285. The van der Waals surface area contributed by atoms with Crippen molar-refractivity contribution in [2.24, 2.45) is 0 Å². The summed E-state index contributed by atoms with van der Waals surface area (Å²) in [6, 6.07) is 10.3. The predicted molar refractivity (Wildman–Crippen MR) is 81.3 cm³/mol. The molecule has 1 amide bonds. The number of anilines is 1. The van der Waals surface area contributed by atoms with Gasteiger partial charge in [-0.25, -0.2) is 9.97 Å². The number of aromatic nitrogens is 2. The average Bonchev–Trinajstić information content (AvgIpc) is 2.56. The van der Waals surface area contributed by atoms with E-state index in [1.807, 2.05) is 30.0 Å². The van der Waals surface area contributed by atoms with E-state index in [-0.39, 0.29) is 5.91 Å². The number of hydrogen-bond acceptors (Lipinski definition) is 4. The fourth-order valence-corrected chi connectivity index (χ4v) is 2.58. The van der Waals surface area contributed by atoms with Crippen LogP contribution in [0.3, 0.4) is 0 Å². The molecule has 108 valence electrons. The van der Waals surface area contributed by atoms with Crippen LogP contribution in [0.4, 0.5) is 5.69 Å². The molecule has 2 heterocycles. The number of piperazine rings is 1. The number of para-hydroxylation sites is 1. The molecule has 5 nitrogen and oxygen atoms in total. The SMILES string of the molecule is Cc1ncncc1C(=O)N1CCN(c2ccccc2)CC1. The monoisotopic (exact) mass is 282 g/mol. The summed E-state index contributed by atoms with van der Waals surface area (Å²) in [4.78, 5) is 24.7. The molecule has 0 N–H and O–H groups in total. The van der Waals surface area contributed by atoms with Crippen LogP contribution in [0.5, 0.6) is 0 Å². The summed E-state index contributed by atoms with van der Waals surface area (Å²) in [6.45, 7) is 4.99. The first kappa shape index (κ1) is 13.5. The van der Waals surface area contributed by atoms with E-state index in [4.69, 9.17) is 0 Å². The molecule has 1 aromatic carbocycles. The topological polar surface area (TPSA) is 49.3 Å². The van der Waals surface area contributed by atoms with Crippen LogP contribution >= 0.6 is 0 Å². The number of nitrogens with zero attached hydrogens (tertiary/aromatic N) is 4. The number of amides is 1. The lowest BCUT2D eigenvalue weighted by Gasteiger charge is -2.36. The van der Waals surface area contributed by atoms with E-state index in [2.05, 4.69) is 27.0 Å². The molecule has 1 fully saturated rings. The maximum atomic E-state index is 12.5. The fourth-order valence-electron chi connectivity index (χ4n) is 2.58. The van der Waals surface area contributed by atoms with E-state index in [0.29, 0.717) is 5.56 Å². The van der Waals surface area contributed by atoms with Gasteiger partial charge in [0.15, 0.2) is 0 Å². The predicted octanol–water partition coefficient (Wildman–Crippen LogP) is 1.75. The molecule has 0 atom stereocenters. The van der Waals surface area contributed by atoms with E-state index < -0.39 is 0 Å². The summed E-state index contributed by atoms with van der Waals surface area (Å²) in [6.07, 6.45) is 3.08. The van der Waals surface area contributed by atoms with Crippen molar-refractivity contribution in [2.45, 2.75) is 6.92 Å². The lowest BCUT2D eigenvalue weighted by Crippen LogP contribution is -2.49. The minimum atomic E-state index is 0.0285. The van der Waals surface area contributed by atoms with Crippen molar-refractivity contribution in [1.29, 1.82) is 0 Å². The number of hydrogen-bond donors (Lipinski definition) is 0. The molecule has 1 saturated heterocycles. The zero-order valence-electron chi connectivity index (χ0n) is 12.1. The number of carbonyl (C=O) groups excluding carboxylic acids is 1. The summed E-state index contributed by atoms with van der Waals surface area (Å²) < 4.78 is 0. The van der Waals surface area contributed by atoms with Gasteiger partial charge in [0.05, 0.1) is 11.3 Å². The first-order chi connectivity index (χ1) is 10.3. The third-order valence-corrected chi connectivity index (χ3v) is 3.83. The zero-order valence-corrected chi connectivity index (χ0v) is 12.1. The lowest BCUT2D eigenvalue weighted by atomic mass is 10.2. The van der Waals surface area contributed by atoms with Crippen molar-refractivity contribution in [2.75, 3.05) is 31.1 Å². The van der Waals surface area contributed by atoms with Gasteiger partial charge in [-0.15, -0.1) is 0 Å². The van der Waals surface area contributed by atoms with Crippen molar-refractivity contribution in [3.8, 4) is 0 Å². The van der Waals surface area contributed by atoms with Crippen LogP contribution in [0, 0.1) is 6.92 Å². The number of rotatable bonds is 2. The largest absolute Gasteiger partial charge is 0.368 e. The van der Waals surface area contributed by atoms with Crippen molar-refractivity contribution >= 4 is 11.6 Å². The van der Waals surface area contributed by atoms with Gasteiger partial charge in [0.2, 0.25) is 0 Å². The van der Waals surface area contributed by atoms with Crippen molar-refractivity contribution in [3.05, 3.63) is 54.1 Å². The second-order valence-electron chi connectivity index (χ2n) is 5.14. The molecular weight excluding hydrogens is 264 g/mol. The number of aryl methyl sites for hydroxylation is 1. The highest BCUT2D eigenvalue weighted by Gasteiger charge is 2.23. The van der Waals surface area contributed by atoms with Crippen LogP contribution in [0.15, 0.2) is 42.9 Å². The van der Waals surface area contributed by atoms with Crippen LogP contribution in [-0.2, 0) is 0 Å². The van der Waals surface area contributed by atoms with Crippen LogP contribution in [0.2, 0.25) is 0 Å². The highest BCUT2D eigenvalue weighted by Crippen LogP contribution is 2.17. The average molecular weight is 282 g/mol. The number of benzene rings is 1. The molecule has 2 aromatic rings. The molecule has 1 aliphatic heterocycles. The van der Waals surface area contributed by atoms with Gasteiger partial charge in [0, 0.05) is 38.1 Å². The van der Waals surface area contributed by atoms with Crippen molar-refractivity contribution in [1.82, 2.24) is 14.9 Å². The Kier molecular flexibility index (Phi) is 3.81. The van der Waals surface area contributed by atoms with Gasteiger partial charge < -0.3 is 9.80 Å². The Balaban J connectivity index is 1.66. The third-order valence-electron chi connectivity index (χ3n) is 3.83. The molecule has 0 radical (unpaired) electrons. The molecule has 0 spiro atoms. The Morgan fingerprint density at radius 2 is 1.81 bits per heavy atom. The molecule has 3 rings (SSSR count). The van der Waals surface area contributed by atoms with Gasteiger partial charge in [0.1, 0.15) is 6.33 Å². The standard InChI is InChI=1S/C16H18N4O/c1-13-15(11-17-12-18-13)16(21)20-9-7-19(8-10-20)14-5-3-2-4-6-14/h2-6,11-12H,7-10H2,1H3. The first-order valence-corrected chi connectivity index (χ1v) is 7.11. The van der Waals surface area contributed by atoms with Crippen LogP contribution < -0.4 is 4.90 Å². The van der Waals surface area contributed by atoms with Gasteiger partial charge in [-0.3, -0.25) is 4.79 Å². The first-order valence-electron chi connectivity index (χ1n) is 7.11. The summed E-state index contributed by atoms with van der Waals surface area (Å²) in [5, 5.41) is 0. The van der Waals surface area contributed by atoms with Gasteiger partial charge in [-0.2, -0.15) is 0 Å². The highest BCUT2D eigenvalue weighted by molar-refractivity contribution is 5.95. The molecule has 0 saturated carbocycles. The smallest absolute Gasteiger partial charge is 0.257 e. The zero-order chi connectivity index (χ0) is 14.7. The maximum Gasteiger partial charge on any atom is 0.257 e. The van der Waals surface area contributed by atoms with Gasteiger partial charge in [-0.05, 0) is 19.1 Å². The highest BCUT2D eigenvalue weighted by atomic mass is 16.2. The normalized spacial score (nSPS) is 15.1. The maximum absolute atomic E-state index is 12.5. The number of carbonyl (C=O) groups is 1. The van der Waals surface area contributed by atoms with Crippen LogP contribution in [-0.4, -0.2) is 47.0 Å². The molecule has 5 heteroatoms. The molecule has 1 aliphatic rings. The van der Waals surface area contributed by atoms with E-state index in [1.165, 1.54) is 12.0 Å². The molecule has 1 aromatic heterocycles. The second kappa shape index (κ2) is 5.91. The molecule has 0 unspecified atom stereocenters. The summed E-state index contributed by atoms with van der Waals surface area (Å²) in [7, 11) is 0. The Morgan fingerprint density at radius 1 is 1.10 bits per heavy atom. The molecule has 0 bridgehead atoms. The quantitative estimate of drug-likeness (QED) is 0.842. The van der Waals surface area contributed by atoms with Crippen LogP contribution in [0.25, 0.3) is 0 Å². The Labute approximate surface area is 124 Å². The molecule has 0 aliphatic carbocycles. The fraction of sp³-hybridized carbons (Fsp3) is 0.312. The van der Waals surface area contributed by atoms with E-state index in [9.17, 15) is 4.79 Å². The minimum Gasteiger partial charge on any atom is -0.368 e. The molecular formula is C16H18N4O. The Morgan fingerprint density at radius 3 is 2.48 bits per heavy atom. The third kappa shape index (κ3) is 2.86. The Bertz CT molecular complexity index is 621. The van der Waals surface area contributed by atoms with Gasteiger partial charge >= 0.3 is 0 Å². The van der Waals surface area contributed by atoms with Crippen molar-refractivity contribution in [3.63, 3.8) is 0 Å². The second-order valence-corrected chi connectivity index (χ2v) is 5.14. The van der Waals surface area contributed by atoms with Crippen LogP contribution in [0.1, 0.15) is 16.1 Å². The summed E-state index contributed by atoms with van der Waals surface area (Å²) in [5.41, 5.74) is 2.55.